The van der Waals surface area contributed by atoms with E-state index in [0.717, 1.165) is 31.5 Å². The van der Waals surface area contributed by atoms with E-state index < -0.39 is 0 Å². The number of hydrogen-bond acceptors (Lipinski definition) is 5. The van der Waals surface area contributed by atoms with Gasteiger partial charge >= 0.3 is 0 Å². The third-order valence-corrected chi connectivity index (χ3v) is 5.41. The van der Waals surface area contributed by atoms with Crippen LogP contribution in [0.1, 0.15) is 29.1 Å². The molecule has 146 valence electrons. The Morgan fingerprint density at radius 3 is 2.57 bits per heavy atom. The van der Waals surface area contributed by atoms with Crippen molar-refractivity contribution in [3.05, 3.63) is 54.2 Å². The molecule has 1 amide bonds. The first kappa shape index (κ1) is 18.3. The van der Waals surface area contributed by atoms with Gasteiger partial charge in [0.2, 0.25) is 5.89 Å². The first-order chi connectivity index (χ1) is 13.5. The minimum atomic E-state index is -0.0581. The molecule has 1 fully saturated rings. The van der Waals surface area contributed by atoms with E-state index in [1.807, 2.05) is 24.2 Å². The van der Waals surface area contributed by atoms with Crippen molar-refractivity contribution in [1.82, 2.24) is 19.7 Å². The summed E-state index contributed by atoms with van der Waals surface area (Å²) in [4.78, 5) is 21.6. The standard InChI is InChI=1S/C21H25N5O2/c1-15-19(23-20(28-15)16-13-22-24(2)14-16)21(27)26-11-9-18(10-12-26)25(3)17-7-5-4-6-8-17/h4-8,13-14,18H,9-12H2,1-3H3. The van der Waals surface area contributed by atoms with Gasteiger partial charge in [0.1, 0.15) is 5.76 Å². The number of nitrogens with zero attached hydrogens (tertiary/aromatic N) is 5. The van der Waals surface area contributed by atoms with Crippen LogP contribution in [0.15, 0.2) is 47.1 Å². The summed E-state index contributed by atoms with van der Waals surface area (Å²) in [6.07, 6.45) is 5.38. The molecule has 0 unspecified atom stereocenters. The lowest BCUT2D eigenvalue weighted by Gasteiger charge is -2.37. The zero-order valence-corrected chi connectivity index (χ0v) is 16.5. The second-order valence-electron chi connectivity index (χ2n) is 7.30. The third kappa shape index (κ3) is 3.52. The molecule has 7 heteroatoms. The van der Waals surface area contributed by atoms with E-state index >= 15 is 0 Å². The Balaban J connectivity index is 1.42. The zero-order valence-electron chi connectivity index (χ0n) is 16.5. The fourth-order valence-corrected chi connectivity index (χ4v) is 3.73. The second-order valence-corrected chi connectivity index (χ2v) is 7.30. The van der Waals surface area contributed by atoms with Crippen LogP contribution in [0.25, 0.3) is 11.5 Å². The number of aromatic nitrogens is 3. The summed E-state index contributed by atoms with van der Waals surface area (Å²) in [6.45, 7) is 3.22. The number of hydrogen-bond donors (Lipinski definition) is 0. The highest BCUT2D eigenvalue weighted by molar-refractivity contribution is 5.93. The van der Waals surface area contributed by atoms with E-state index in [2.05, 4.69) is 46.3 Å². The molecule has 0 radical (unpaired) electrons. The number of oxazole rings is 1. The molecule has 1 aliphatic rings. The van der Waals surface area contributed by atoms with Crippen molar-refractivity contribution < 1.29 is 9.21 Å². The fourth-order valence-electron chi connectivity index (χ4n) is 3.73. The summed E-state index contributed by atoms with van der Waals surface area (Å²) in [5, 5.41) is 4.13. The van der Waals surface area contributed by atoms with Crippen LogP contribution in [0, 0.1) is 6.92 Å². The Morgan fingerprint density at radius 1 is 1.21 bits per heavy atom. The van der Waals surface area contributed by atoms with Gasteiger partial charge in [0.15, 0.2) is 5.69 Å². The van der Waals surface area contributed by atoms with Gasteiger partial charge in [-0.3, -0.25) is 9.48 Å². The molecule has 28 heavy (non-hydrogen) atoms. The average Bonchev–Trinajstić information content (AvgIpc) is 3.33. The van der Waals surface area contributed by atoms with Crippen molar-refractivity contribution in [1.29, 1.82) is 0 Å². The largest absolute Gasteiger partial charge is 0.440 e. The summed E-state index contributed by atoms with van der Waals surface area (Å²) in [5.41, 5.74) is 2.38. The van der Waals surface area contributed by atoms with Crippen molar-refractivity contribution in [3.8, 4) is 11.5 Å². The highest BCUT2D eigenvalue weighted by Gasteiger charge is 2.29. The van der Waals surface area contributed by atoms with E-state index in [1.54, 1.807) is 17.8 Å². The quantitative estimate of drug-likeness (QED) is 0.697. The van der Waals surface area contributed by atoms with Crippen LogP contribution in [-0.4, -0.2) is 51.8 Å². The second kappa shape index (κ2) is 7.50. The van der Waals surface area contributed by atoms with E-state index in [1.165, 1.54) is 5.69 Å². The van der Waals surface area contributed by atoms with Crippen LogP contribution < -0.4 is 4.90 Å². The number of anilines is 1. The molecule has 0 atom stereocenters. The third-order valence-electron chi connectivity index (χ3n) is 5.41. The first-order valence-electron chi connectivity index (χ1n) is 9.56. The number of para-hydroxylation sites is 1. The predicted octanol–water partition coefficient (Wildman–Crippen LogP) is 3.12. The molecule has 0 saturated carbocycles. The van der Waals surface area contributed by atoms with E-state index in [9.17, 15) is 4.79 Å². The Morgan fingerprint density at radius 2 is 1.93 bits per heavy atom. The van der Waals surface area contributed by atoms with Crippen molar-refractivity contribution in [2.45, 2.75) is 25.8 Å². The number of piperidine rings is 1. The molecule has 0 N–H and O–H groups in total. The Bertz CT molecular complexity index is 954. The van der Waals surface area contributed by atoms with Gasteiger partial charge in [-0.25, -0.2) is 4.98 Å². The number of likely N-dealkylation sites (tertiary alicyclic amines) is 1. The van der Waals surface area contributed by atoms with Gasteiger partial charge in [-0.15, -0.1) is 0 Å². The number of rotatable bonds is 4. The van der Waals surface area contributed by atoms with E-state index in [0.29, 0.717) is 23.4 Å². The molecule has 3 aromatic rings. The van der Waals surface area contributed by atoms with Gasteiger partial charge < -0.3 is 14.2 Å². The molecule has 0 aliphatic carbocycles. The maximum absolute atomic E-state index is 13.0. The van der Waals surface area contributed by atoms with E-state index in [-0.39, 0.29) is 5.91 Å². The van der Waals surface area contributed by atoms with Gasteiger partial charge in [0.25, 0.3) is 5.91 Å². The van der Waals surface area contributed by atoms with Crippen LogP contribution in [0.2, 0.25) is 0 Å². The molecule has 0 spiro atoms. The lowest BCUT2D eigenvalue weighted by Crippen LogP contribution is -2.45. The monoisotopic (exact) mass is 379 g/mol. The summed E-state index contributed by atoms with van der Waals surface area (Å²) in [6, 6.07) is 10.8. The summed E-state index contributed by atoms with van der Waals surface area (Å²) < 4.78 is 7.41. The predicted molar refractivity (Wildman–Crippen MR) is 107 cm³/mol. The van der Waals surface area contributed by atoms with Gasteiger partial charge in [-0.1, -0.05) is 18.2 Å². The molecule has 1 saturated heterocycles. The molecular weight excluding hydrogens is 354 g/mol. The van der Waals surface area contributed by atoms with Gasteiger partial charge in [0, 0.05) is 45.1 Å². The molecule has 1 aliphatic heterocycles. The Kier molecular flexibility index (Phi) is 4.90. The molecular formula is C21H25N5O2. The lowest BCUT2D eigenvalue weighted by molar-refractivity contribution is 0.0706. The first-order valence-corrected chi connectivity index (χ1v) is 9.56. The molecule has 7 nitrogen and oxygen atoms in total. The topological polar surface area (TPSA) is 67.4 Å². The minimum Gasteiger partial charge on any atom is -0.440 e. The van der Waals surface area contributed by atoms with Crippen LogP contribution in [-0.2, 0) is 7.05 Å². The van der Waals surface area contributed by atoms with Crippen molar-refractivity contribution in [2.75, 3.05) is 25.0 Å². The Labute approximate surface area is 164 Å². The SMILES string of the molecule is Cc1oc(-c2cnn(C)c2)nc1C(=O)N1CCC(N(C)c2ccccc2)CC1. The van der Waals surface area contributed by atoms with Crippen LogP contribution in [0.3, 0.4) is 0 Å². The van der Waals surface area contributed by atoms with Crippen molar-refractivity contribution in [3.63, 3.8) is 0 Å². The van der Waals surface area contributed by atoms with Crippen LogP contribution >= 0.6 is 0 Å². The number of benzene rings is 1. The van der Waals surface area contributed by atoms with Crippen LogP contribution in [0.4, 0.5) is 5.69 Å². The average molecular weight is 379 g/mol. The normalized spacial score (nSPS) is 15.0. The van der Waals surface area contributed by atoms with Crippen molar-refractivity contribution in [2.24, 2.45) is 7.05 Å². The summed E-state index contributed by atoms with van der Waals surface area (Å²) in [5.74, 6) is 0.928. The van der Waals surface area contributed by atoms with Gasteiger partial charge in [-0.05, 0) is 31.9 Å². The number of carbonyl (C=O) groups is 1. The minimum absolute atomic E-state index is 0.0581. The van der Waals surface area contributed by atoms with Gasteiger partial charge in [-0.2, -0.15) is 5.10 Å². The summed E-state index contributed by atoms with van der Waals surface area (Å²) >= 11 is 0. The molecule has 4 rings (SSSR count). The van der Waals surface area contributed by atoms with Crippen LogP contribution in [0.5, 0.6) is 0 Å². The fraction of sp³-hybridized carbons (Fsp3) is 0.381. The highest BCUT2D eigenvalue weighted by atomic mass is 16.4. The molecule has 1 aromatic carbocycles. The number of amides is 1. The van der Waals surface area contributed by atoms with Crippen molar-refractivity contribution >= 4 is 11.6 Å². The Hall–Kier alpha value is -3.09. The summed E-state index contributed by atoms with van der Waals surface area (Å²) in [7, 11) is 3.96. The zero-order chi connectivity index (χ0) is 19.7. The molecule has 0 bridgehead atoms. The molecule has 2 aromatic heterocycles. The maximum atomic E-state index is 13.0. The number of aryl methyl sites for hydroxylation is 2. The molecule has 3 heterocycles. The van der Waals surface area contributed by atoms with Gasteiger partial charge in [0.05, 0.1) is 11.8 Å². The number of carbonyl (C=O) groups excluding carboxylic acids is 1. The van der Waals surface area contributed by atoms with E-state index in [4.69, 9.17) is 4.42 Å². The lowest BCUT2D eigenvalue weighted by atomic mass is 10.0. The smallest absolute Gasteiger partial charge is 0.276 e. The maximum Gasteiger partial charge on any atom is 0.276 e. The highest BCUT2D eigenvalue weighted by Crippen LogP contribution is 2.25.